The highest BCUT2D eigenvalue weighted by atomic mass is 16.5. The van der Waals surface area contributed by atoms with Crippen molar-refractivity contribution in [2.24, 2.45) is 0 Å². The third kappa shape index (κ3) is 5.72. The van der Waals surface area contributed by atoms with Gasteiger partial charge < -0.3 is 4.74 Å². The number of nitrogens with zero attached hydrogens (tertiary/aromatic N) is 2. The Balaban J connectivity index is 2.65. The fourth-order valence-electron chi connectivity index (χ4n) is 3.07. The van der Waals surface area contributed by atoms with E-state index >= 15 is 0 Å². The zero-order valence-corrected chi connectivity index (χ0v) is 14.5. The highest BCUT2D eigenvalue weighted by molar-refractivity contribution is 5.09. The summed E-state index contributed by atoms with van der Waals surface area (Å²) in [6, 6.07) is 0. The van der Waals surface area contributed by atoms with Crippen molar-refractivity contribution >= 4 is 0 Å². The van der Waals surface area contributed by atoms with Gasteiger partial charge in [0.1, 0.15) is 0 Å². The molecule has 0 aliphatic carbocycles. The maximum atomic E-state index is 5.48. The second-order valence-electron chi connectivity index (χ2n) is 6.42. The van der Waals surface area contributed by atoms with E-state index in [2.05, 4.69) is 30.3 Å². The Hall–Kier alpha value is -0.990. The van der Waals surface area contributed by atoms with Crippen LogP contribution in [0.4, 0.5) is 0 Å². The molecule has 122 valence electrons. The molecule has 1 atom stereocenters. The molecule has 1 aromatic heterocycles. The summed E-state index contributed by atoms with van der Waals surface area (Å²) in [6.45, 7) is 6.90. The minimum absolute atomic E-state index is 0.142. The number of ether oxygens (including phenoxy) is 1. The van der Waals surface area contributed by atoms with Crippen LogP contribution in [0.3, 0.4) is 0 Å². The molecular weight excluding hydrogens is 260 g/mol. The van der Waals surface area contributed by atoms with Crippen molar-refractivity contribution in [2.75, 3.05) is 7.11 Å². The number of methoxy groups -OCH3 is 1. The number of hydrogen-bond acceptors (Lipinski definition) is 2. The van der Waals surface area contributed by atoms with Gasteiger partial charge in [0.05, 0.1) is 19.6 Å². The molecule has 0 aliphatic heterocycles. The molecule has 0 radical (unpaired) electrons. The molecule has 0 saturated carbocycles. The summed E-state index contributed by atoms with van der Waals surface area (Å²) in [5, 5.41) is 0. The summed E-state index contributed by atoms with van der Waals surface area (Å²) in [4.78, 5) is 4.28. The van der Waals surface area contributed by atoms with Crippen molar-refractivity contribution in [2.45, 2.75) is 90.5 Å². The topological polar surface area (TPSA) is 27.1 Å². The van der Waals surface area contributed by atoms with E-state index in [9.17, 15) is 0 Å². The molecule has 0 spiro atoms. The number of unbranched alkanes of at least 4 members (excludes halogenated alkanes) is 6. The fourth-order valence-corrected chi connectivity index (χ4v) is 3.07. The molecule has 0 bridgehead atoms. The van der Waals surface area contributed by atoms with Gasteiger partial charge in [-0.05, 0) is 19.8 Å². The molecule has 3 nitrogen and oxygen atoms in total. The number of imidazole rings is 1. The van der Waals surface area contributed by atoms with Crippen LogP contribution in [0.25, 0.3) is 0 Å². The van der Waals surface area contributed by atoms with Crippen LogP contribution < -0.4 is 4.74 Å². The fraction of sp³-hybridized carbons (Fsp3) is 0.833. The van der Waals surface area contributed by atoms with Crippen molar-refractivity contribution in [3.8, 4) is 5.88 Å². The minimum atomic E-state index is 0.142. The Labute approximate surface area is 131 Å². The van der Waals surface area contributed by atoms with Crippen LogP contribution in [-0.2, 0) is 5.54 Å². The Morgan fingerprint density at radius 1 is 1.00 bits per heavy atom. The Bertz CT molecular complexity index is 375. The Kier molecular flexibility index (Phi) is 8.48. The van der Waals surface area contributed by atoms with Gasteiger partial charge in [-0.3, -0.25) is 4.57 Å². The largest absolute Gasteiger partial charge is 0.481 e. The quantitative estimate of drug-likeness (QED) is 0.473. The molecule has 0 amide bonds. The molecule has 0 aromatic carbocycles. The lowest BCUT2D eigenvalue weighted by Gasteiger charge is -2.32. The normalized spacial score (nSPS) is 14.1. The van der Waals surface area contributed by atoms with E-state index in [1.54, 1.807) is 7.11 Å². The van der Waals surface area contributed by atoms with Gasteiger partial charge in [0.15, 0.2) is 0 Å². The predicted molar refractivity (Wildman–Crippen MR) is 89.9 cm³/mol. The molecule has 1 rings (SSSR count). The second kappa shape index (κ2) is 9.86. The Morgan fingerprint density at radius 3 is 2.19 bits per heavy atom. The summed E-state index contributed by atoms with van der Waals surface area (Å²) < 4.78 is 7.74. The third-order valence-corrected chi connectivity index (χ3v) is 4.53. The summed E-state index contributed by atoms with van der Waals surface area (Å²) >= 11 is 0. The maximum Gasteiger partial charge on any atom is 0.213 e. The molecule has 1 aromatic rings. The number of aromatic nitrogens is 2. The van der Waals surface area contributed by atoms with Gasteiger partial charge >= 0.3 is 0 Å². The van der Waals surface area contributed by atoms with E-state index < -0.39 is 0 Å². The number of rotatable bonds is 12. The van der Waals surface area contributed by atoms with E-state index in [0.29, 0.717) is 0 Å². The Morgan fingerprint density at radius 2 is 1.57 bits per heavy atom. The molecule has 1 unspecified atom stereocenters. The average Bonchev–Trinajstić information content (AvgIpc) is 2.96. The second-order valence-corrected chi connectivity index (χ2v) is 6.42. The van der Waals surface area contributed by atoms with Crippen LogP contribution in [0.1, 0.15) is 85.0 Å². The standard InChI is InChI=1S/C18H34N2O/c1-5-7-9-10-12-14-18(3,13-11-8-6-2)20-16-19-15-17(20)21-4/h15-16H,5-14H2,1-4H3. The number of hydrogen-bond donors (Lipinski definition) is 0. The lowest BCUT2D eigenvalue weighted by Crippen LogP contribution is -2.30. The highest BCUT2D eigenvalue weighted by Crippen LogP contribution is 2.33. The van der Waals surface area contributed by atoms with E-state index in [1.165, 1.54) is 64.2 Å². The summed E-state index contributed by atoms with van der Waals surface area (Å²) in [5.74, 6) is 0.891. The predicted octanol–water partition coefficient (Wildman–Crippen LogP) is 5.55. The van der Waals surface area contributed by atoms with Gasteiger partial charge in [0.25, 0.3) is 0 Å². The van der Waals surface area contributed by atoms with Gasteiger partial charge in [0, 0.05) is 5.54 Å². The van der Waals surface area contributed by atoms with Gasteiger partial charge in [-0.25, -0.2) is 4.98 Å². The lowest BCUT2D eigenvalue weighted by molar-refractivity contribution is 0.222. The minimum Gasteiger partial charge on any atom is -0.481 e. The zero-order valence-electron chi connectivity index (χ0n) is 14.5. The van der Waals surface area contributed by atoms with E-state index in [0.717, 1.165) is 5.88 Å². The average molecular weight is 294 g/mol. The van der Waals surface area contributed by atoms with E-state index in [1.807, 2.05) is 12.5 Å². The van der Waals surface area contributed by atoms with Gasteiger partial charge in [0.2, 0.25) is 5.88 Å². The first-order chi connectivity index (χ1) is 10.2. The third-order valence-electron chi connectivity index (χ3n) is 4.53. The van der Waals surface area contributed by atoms with Crippen molar-refractivity contribution in [1.82, 2.24) is 9.55 Å². The van der Waals surface area contributed by atoms with Crippen molar-refractivity contribution in [3.05, 3.63) is 12.5 Å². The lowest BCUT2D eigenvalue weighted by atomic mass is 9.88. The SMILES string of the molecule is CCCCCCCC(C)(CCCCC)n1cncc1OC. The van der Waals surface area contributed by atoms with E-state index in [-0.39, 0.29) is 5.54 Å². The van der Waals surface area contributed by atoms with Crippen LogP contribution in [0.5, 0.6) is 5.88 Å². The van der Waals surface area contributed by atoms with Gasteiger partial charge in [-0.1, -0.05) is 65.2 Å². The molecule has 21 heavy (non-hydrogen) atoms. The van der Waals surface area contributed by atoms with Gasteiger partial charge in [-0.15, -0.1) is 0 Å². The maximum absolute atomic E-state index is 5.48. The van der Waals surface area contributed by atoms with Crippen LogP contribution in [0.15, 0.2) is 12.5 Å². The van der Waals surface area contributed by atoms with Gasteiger partial charge in [-0.2, -0.15) is 0 Å². The van der Waals surface area contributed by atoms with Crippen LogP contribution >= 0.6 is 0 Å². The highest BCUT2D eigenvalue weighted by Gasteiger charge is 2.27. The molecule has 0 aliphatic rings. The van der Waals surface area contributed by atoms with Crippen LogP contribution in [0.2, 0.25) is 0 Å². The molecular formula is C18H34N2O. The molecule has 3 heteroatoms. The first-order valence-electron chi connectivity index (χ1n) is 8.74. The first-order valence-corrected chi connectivity index (χ1v) is 8.74. The van der Waals surface area contributed by atoms with Crippen LogP contribution in [0, 0.1) is 0 Å². The molecule has 1 heterocycles. The monoisotopic (exact) mass is 294 g/mol. The summed E-state index contributed by atoms with van der Waals surface area (Å²) in [6.07, 6.45) is 16.7. The van der Waals surface area contributed by atoms with Crippen molar-refractivity contribution < 1.29 is 4.74 Å². The molecule has 0 fully saturated rings. The van der Waals surface area contributed by atoms with Crippen molar-refractivity contribution in [1.29, 1.82) is 0 Å². The molecule has 0 saturated heterocycles. The zero-order chi connectivity index (χ0) is 15.6. The van der Waals surface area contributed by atoms with E-state index in [4.69, 9.17) is 4.74 Å². The smallest absolute Gasteiger partial charge is 0.213 e. The summed E-state index contributed by atoms with van der Waals surface area (Å²) in [7, 11) is 1.74. The van der Waals surface area contributed by atoms with Crippen molar-refractivity contribution in [3.63, 3.8) is 0 Å². The summed E-state index contributed by atoms with van der Waals surface area (Å²) in [5.41, 5.74) is 0.142. The molecule has 0 N–H and O–H groups in total. The van der Waals surface area contributed by atoms with Crippen LogP contribution in [-0.4, -0.2) is 16.7 Å². The first kappa shape index (κ1) is 18.1.